The number of nitrogens with zero attached hydrogens (tertiary/aromatic N) is 2. The number of benzene rings is 2. The number of ether oxygens (including phenoxy) is 1. The Labute approximate surface area is 168 Å². The van der Waals surface area contributed by atoms with Gasteiger partial charge in [0.25, 0.3) is 11.6 Å². The summed E-state index contributed by atoms with van der Waals surface area (Å²) in [5.74, 6) is -0.299. The van der Waals surface area contributed by atoms with E-state index in [-0.39, 0.29) is 17.1 Å². The van der Waals surface area contributed by atoms with Crippen LogP contribution in [0.25, 0.3) is 0 Å². The fourth-order valence-electron chi connectivity index (χ4n) is 2.48. The van der Waals surface area contributed by atoms with Crippen LogP contribution < -0.4 is 10.1 Å². The average molecular weight is 417 g/mol. The maximum atomic E-state index is 12.8. The van der Waals surface area contributed by atoms with Crippen molar-refractivity contribution in [2.45, 2.75) is 13.1 Å². The third kappa shape index (κ3) is 4.90. The van der Waals surface area contributed by atoms with Gasteiger partial charge in [-0.05, 0) is 36.8 Å². The highest BCUT2D eigenvalue weighted by Gasteiger charge is 2.30. The topological polar surface area (TPSA) is 94.4 Å². The Bertz CT molecular complexity index is 1100. The number of amides is 1. The largest absolute Gasteiger partial charge is 0.439 e. The van der Waals surface area contributed by atoms with Gasteiger partial charge < -0.3 is 10.1 Å². The zero-order valence-electron chi connectivity index (χ0n) is 15.4. The molecule has 0 radical (unpaired) electrons. The van der Waals surface area contributed by atoms with Crippen molar-refractivity contribution in [1.29, 1.82) is 0 Å². The van der Waals surface area contributed by atoms with Gasteiger partial charge in [0.2, 0.25) is 5.88 Å². The van der Waals surface area contributed by atoms with Crippen LogP contribution in [-0.2, 0) is 6.18 Å². The Kier molecular flexibility index (Phi) is 5.67. The van der Waals surface area contributed by atoms with E-state index in [0.717, 1.165) is 24.4 Å². The van der Waals surface area contributed by atoms with Gasteiger partial charge in [-0.2, -0.15) is 13.2 Å². The van der Waals surface area contributed by atoms with Crippen LogP contribution >= 0.6 is 0 Å². The molecule has 2 aromatic carbocycles. The Morgan fingerprint density at radius 1 is 1.13 bits per heavy atom. The summed E-state index contributed by atoms with van der Waals surface area (Å²) in [5.41, 5.74) is -0.287. The normalized spacial score (nSPS) is 11.1. The van der Waals surface area contributed by atoms with Crippen molar-refractivity contribution in [1.82, 2.24) is 4.98 Å². The molecule has 30 heavy (non-hydrogen) atoms. The molecule has 154 valence electrons. The van der Waals surface area contributed by atoms with E-state index in [0.29, 0.717) is 17.0 Å². The predicted octanol–water partition coefficient (Wildman–Crippen LogP) is 5.36. The molecule has 0 fully saturated rings. The first kappa shape index (κ1) is 20.8. The van der Waals surface area contributed by atoms with E-state index in [1.807, 2.05) is 0 Å². The van der Waals surface area contributed by atoms with Crippen LogP contribution in [0.2, 0.25) is 0 Å². The predicted molar refractivity (Wildman–Crippen MR) is 102 cm³/mol. The summed E-state index contributed by atoms with van der Waals surface area (Å²) < 4.78 is 44.1. The van der Waals surface area contributed by atoms with E-state index < -0.39 is 22.6 Å². The Hall–Kier alpha value is -3.95. The molecule has 1 aromatic heterocycles. The van der Waals surface area contributed by atoms with Crippen LogP contribution in [0.3, 0.4) is 0 Å². The zero-order valence-corrected chi connectivity index (χ0v) is 15.4. The summed E-state index contributed by atoms with van der Waals surface area (Å²) in [6.45, 7) is 1.74. The number of hydrogen-bond donors (Lipinski definition) is 1. The maximum Gasteiger partial charge on any atom is 0.416 e. The highest BCUT2D eigenvalue weighted by Crippen LogP contribution is 2.30. The van der Waals surface area contributed by atoms with Gasteiger partial charge in [-0.1, -0.05) is 12.1 Å². The van der Waals surface area contributed by atoms with Crippen molar-refractivity contribution in [2.24, 2.45) is 0 Å². The molecule has 1 amide bonds. The van der Waals surface area contributed by atoms with Crippen molar-refractivity contribution < 1.29 is 27.6 Å². The number of aryl methyl sites for hydroxylation is 1. The summed E-state index contributed by atoms with van der Waals surface area (Å²) in [5, 5.41) is 13.2. The molecule has 0 atom stereocenters. The van der Waals surface area contributed by atoms with Crippen molar-refractivity contribution >= 4 is 17.3 Å². The molecular formula is C20H14F3N3O4. The minimum atomic E-state index is -4.56. The minimum Gasteiger partial charge on any atom is -0.439 e. The molecule has 1 heterocycles. The minimum absolute atomic E-state index is 0.102. The molecule has 3 rings (SSSR count). The van der Waals surface area contributed by atoms with Crippen molar-refractivity contribution in [3.8, 4) is 11.6 Å². The summed E-state index contributed by atoms with van der Waals surface area (Å²) in [7, 11) is 0. The van der Waals surface area contributed by atoms with Gasteiger partial charge in [0.15, 0.2) is 0 Å². The van der Waals surface area contributed by atoms with Crippen LogP contribution in [-0.4, -0.2) is 15.8 Å². The molecule has 0 saturated heterocycles. The second kappa shape index (κ2) is 8.19. The number of carbonyl (C=O) groups is 1. The van der Waals surface area contributed by atoms with Gasteiger partial charge in [0, 0.05) is 29.4 Å². The first-order valence-corrected chi connectivity index (χ1v) is 8.51. The van der Waals surface area contributed by atoms with Gasteiger partial charge >= 0.3 is 6.18 Å². The lowest BCUT2D eigenvalue weighted by Crippen LogP contribution is -2.14. The molecule has 3 aromatic rings. The van der Waals surface area contributed by atoms with E-state index in [1.54, 1.807) is 19.1 Å². The number of anilines is 1. The van der Waals surface area contributed by atoms with Crippen LogP contribution in [0.5, 0.6) is 11.6 Å². The maximum absolute atomic E-state index is 12.8. The molecule has 0 spiro atoms. The second-order valence-electron chi connectivity index (χ2n) is 6.23. The van der Waals surface area contributed by atoms with Gasteiger partial charge in [-0.25, -0.2) is 4.98 Å². The monoisotopic (exact) mass is 417 g/mol. The molecule has 0 bridgehead atoms. The fourth-order valence-corrected chi connectivity index (χ4v) is 2.48. The summed E-state index contributed by atoms with van der Waals surface area (Å²) in [6.07, 6.45) is -3.51. The molecule has 0 unspecified atom stereocenters. The van der Waals surface area contributed by atoms with E-state index in [4.69, 9.17) is 4.74 Å². The number of nitrogens with one attached hydrogen (secondary N) is 1. The number of nitro groups is 1. The molecule has 0 aliphatic carbocycles. The number of pyridine rings is 1. The quantitative estimate of drug-likeness (QED) is 0.445. The fraction of sp³-hybridized carbons (Fsp3) is 0.100. The van der Waals surface area contributed by atoms with Crippen LogP contribution in [0.15, 0.2) is 60.8 Å². The number of hydrogen-bond acceptors (Lipinski definition) is 5. The van der Waals surface area contributed by atoms with E-state index in [1.165, 1.54) is 24.3 Å². The molecule has 10 heteroatoms. The number of alkyl halides is 3. The lowest BCUT2D eigenvalue weighted by Gasteiger charge is -2.12. The molecule has 7 nitrogen and oxygen atoms in total. The van der Waals surface area contributed by atoms with Crippen molar-refractivity contribution in [2.75, 3.05) is 5.32 Å². The van der Waals surface area contributed by atoms with Crippen LogP contribution in [0.1, 0.15) is 21.5 Å². The van der Waals surface area contributed by atoms with Crippen molar-refractivity contribution in [3.05, 3.63) is 87.6 Å². The summed E-state index contributed by atoms with van der Waals surface area (Å²) in [6, 6.07) is 11.3. The highest BCUT2D eigenvalue weighted by atomic mass is 19.4. The Balaban J connectivity index is 1.78. The average Bonchev–Trinajstić information content (AvgIpc) is 2.70. The lowest BCUT2D eigenvalue weighted by molar-refractivity contribution is -0.385. The number of carbonyl (C=O) groups excluding carboxylic acids is 1. The van der Waals surface area contributed by atoms with Crippen LogP contribution in [0, 0.1) is 17.0 Å². The second-order valence-corrected chi connectivity index (χ2v) is 6.23. The Morgan fingerprint density at radius 3 is 2.53 bits per heavy atom. The number of halogens is 3. The van der Waals surface area contributed by atoms with Gasteiger partial charge in [0.05, 0.1) is 10.5 Å². The SMILES string of the molecule is Cc1ccc(NC(=O)c2cccc(C(F)(F)F)c2)cc1Oc1ccc([N+](=O)[O-])cn1. The van der Waals surface area contributed by atoms with Gasteiger partial charge in [-0.3, -0.25) is 14.9 Å². The number of aromatic nitrogens is 1. The van der Waals surface area contributed by atoms with E-state index in [2.05, 4.69) is 10.3 Å². The summed E-state index contributed by atoms with van der Waals surface area (Å²) >= 11 is 0. The summed E-state index contributed by atoms with van der Waals surface area (Å²) in [4.78, 5) is 26.3. The van der Waals surface area contributed by atoms with E-state index in [9.17, 15) is 28.1 Å². The standard InChI is InChI=1S/C20H14F3N3O4/c1-12-5-6-15(10-17(12)30-18-8-7-16(11-24-18)26(28)29)25-19(27)13-3-2-4-14(9-13)20(21,22)23/h2-11H,1H3,(H,25,27). The molecule has 0 saturated carbocycles. The Morgan fingerprint density at radius 2 is 1.90 bits per heavy atom. The zero-order chi connectivity index (χ0) is 21.9. The van der Waals surface area contributed by atoms with E-state index >= 15 is 0 Å². The molecule has 0 aliphatic rings. The van der Waals surface area contributed by atoms with Crippen molar-refractivity contribution in [3.63, 3.8) is 0 Å². The first-order chi connectivity index (χ1) is 14.1. The first-order valence-electron chi connectivity index (χ1n) is 8.51. The van der Waals surface area contributed by atoms with Gasteiger partial charge in [-0.15, -0.1) is 0 Å². The smallest absolute Gasteiger partial charge is 0.416 e. The van der Waals surface area contributed by atoms with Gasteiger partial charge in [0.1, 0.15) is 11.9 Å². The molecule has 1 N–H and O–H groups in total. The van der Waals surface area contributed by atoms with Crippen LogP contribution in [0.4, 0.5) is 24.5 Å². The third-order valence-corrected chi connectivity index (χ3v) is 4.04. The number of rotatable bonds is 5. The highest BCUT2D eigenvalue weighted by molar-refractivity contribution is 6.04. The third-order valence-electron chi connectivity index (χ3n) is 4.04. The molecule has 0 aliphatic heterocycles. The lowest BCUT2D eigenvalue weighted by atomic mass is 10.1. The molecular weight excluding hydrogens is 403 g/mol.